The summed E-state index contributed by atoms with van der Waals surface area (Å²) >= 11 is 0. The van der Waals surface area contributed by atoms with E-state index >= 15 is 0 Å². The van der Waals surface area contributed by atoms with E-state index in [1.165, 1.54) is 6.92 Å². The number of hydrogen-bond acceptors (Lipinski definition) is 5. The lowest BCUT2D eigenvalue weighted by atomic mass is 9.96. The van der Waals surface area contributed by atoms with Gasteiger partial charge in [0.1, 0.15) is 23.0 Å². The average molecular weight is 368 g/mol. The quantitative estimate of drug-likeness (QED) is 0.432. The minimum Gasteiger partial charge on any atom is -0.496 e. The average Bonchev–Trinajstić information content (AvgIpc) is 2.97. The van der Waals surface area contributed by atoms with Gasteiger partial charge in [-0.3, -0.25) is 9.59 Å². The molecule has 0 fully saturated rings. The molecule has 0 spiro atoms. The van der Waals surface area contributed by atoms with Crippen molar-refractivity contribution in [1.82, 2.24) is 0 Å². The zero-order valence-corrected chi connectivity index (χ0v) is 16.3. The van der Waals surface area contributed by atoms with E-state index in [0.29, 0.717) is 34.8 Å². The van der Waals surface area contributed by atoms with Gasteiger partial charge in [-0.1, -0.05) is 13.8 Å². The molecule has 0 radical (unpaired) electrons. The molecule has 3 aromatic rings. The van der Waals surface area contributed by atoms with Crippen LogP contribution in [0.1, 0.15) is 54.8 Å². The number of esters is 1. The summed E-state index contributed by atoms with van der Waals surface area (Å²) in [5.74, 6) is 0.610. The lowest BCUT2D eigenvalue weighted by Crippen LogP contribution is -2.12. The van der Waals surface area contributed by atoms with Crippen LogP contribution in [0.3, 0.4) is 0 Å². The van der Waals surface area contributed by atoms with Gasteiger partial charge < -0.3 is 13.9 Å². The predicted octanol–water partition coefficient (Wildman–Crippen LogP) is 5.37. The molecule has 1 heterocycles. The van der Waals surface area contributed by atoms with Crippen LogP contribution in [0.15, 0.2) is 28.7 Å². The van der Waals surface area contributed by atoms with E-state index in [2.05, 4.69) is 13.8 Å². The van der Waals surface area contributed by atoms with Crippen molar-refractivity contribution >= 4 is 34.2 Å². The molecule has 0 saturated carbocycles. The highest BCUT2D eigenvalue weighted by atomic mass is 16.5. The first-order chi connectivity index (χ1) is 12.8. The molecule has 0 aliphatic heterocycles. The lowest BCUT2D eigenvalue weighted by Gasteiger charge is -2.21. The molecular formula is C22H24O5. The second kappa shape index (κ2) is 7.43. The topological polar surface area (TPSA) is 65.7 Å². The highest BCUT2D eigenvalue weighted by Gasteiger charge is 2.25. The van der Waals surface area contributed by atoms with E-state index < -0.39 is 6.10 Å². The zero-order chi connectivity index (χ0) is 19.7. The van der Waals surface area contributed by atoms with Gasteiger partial charge in [-0.2, -0.15) is 0 Å². The molecule has 2 aromatic carbocycles. The minimum atomic E-state index is -0.415. The van der Waals surface area contributed by atoms with Gasteiger partial charge in [0, 0.05) is 17.9 Å². The van der Waals surface area contributed by atoms with Crippen LogP contribution in [0.2, 0.25) is 0 Å². The number of furan rings is 1. The Hall–Kier alpha value is -2.82. The fourth-order valence-corrected chi connectivity index (χ4v) is 3.56. The Balaban J connectivity index is 2.31. The fourth-order valence-electron chi connectivity index (χ4n) is 3.56. The van der Waals surface area contributed by atoms with Crippen molar-refractivity contribution in [3.63, 3.8) is 0 Å². The van der Waals surface area contributed by atoms with Gasteiger partial charge in [0.25, 0.3) is 0 Å². The van der Waals surface area contributed by atoms with Crippen molar-refractivity contribution in [1.29, 1.82) is 0 Å². The molecule has 1 aromatic heterocycles. The first-order valence-corrected chi connectivity index (χ1v) is 9.01. The van der Waals surface area contributed by atoms with E-state index in [1.807, 2.05) is 25.1 Å². The largest absolute Gasteiger partial charge is 0.496 e. The Morgan fingerprint density at radius 3 is 2.59 bits per heavy atom. The highest BCUT2D eigenvalue weighted by Crippen LogP contribution is 2.43. The standard InChI is InChI=1S/C22H24O5/c1-12(2)8-19(26-14(4)24)16-6-7-18-20(22(16)25-5)17-10-13(3)9-15(11-23)21(17)27-18/h6-7,9-12,19H,8H2,1-5H3. The van der Waals surface area contributed by atoms with E-state index in [9.17, 15) is 9.59 Å². The van der Waals surface area contributed by atoms with Crippen LogP contribution in [0.4, 0.5) is 0 Å². The van der Waals surface area contributed by atoms with Gasteiger partial charge in [0.2, 0.25) is 0 Å². The van der Waals surface area contributed by atoms with Crippen molar-refractivity contribution < 1.29 is 23.5 Å². The summed E-state index contributed by atoms with van der Waals surface area (Å²) in [7, 11) is 1.59. The number of methoxy groups -OCH3 is 1. The summed E-state index contributed by atoms with van der Waals surface area (Å²) in [6.07, 6.45) is 1.06. The van der Waals surface area contributed by atoms with Crippen LogP contribution in [-0.4, -0.2) is 19.4 Å². The maximum absolute atomic E-state index is 11.6. The summed E-state index contributed by atoms with van der Waals surface area (Å²) in [6.45, 7) is 7.50. The van der Waals surface area contributed by atoms with Crippen molar-refractivity contribution in [2.24, 2.45) is 5.92 Å². The van der Waals surface area contributed by atoms with Crippen LogP contribution in [-0.2, 0) is 9.53 Å². The van der Waals surface area contributed by atoms with Gasteiger partial charge in [-0.25, -0.2) is 0 Å². The summed E-state index contributed by atoms with van der Waals surface area (Å²) in [6, 6.07) is 7.48. The number of carbonyl (C=O) groups excluding carboxylic acids is 2. The second-order valence-electron chi connectivity index (χ2n) is 7.24. The normalized spacial score (nSPS) is 12.5. The lowest BCUT2D eigenvalue weighted by molar-refractivity contribution is -0.147. The van der Waals surface area contributed by atoms with Crippen molar-refractivity contribution in [2.75, 3.05) is 7.11 Å². The molecule has 0 aliphatic carbocycles. The molecule has 0 bridgehead atoms. The maximum atomic E-state index is 11.6. The Labute approximate surface area is 158 Å². The molecule has 27 heavy (non-hydrogen) atoms. The molecule has 1 atom stereocenters. The molecule has 142 valence electrons. The Morgan fingerprint density at radius 2 is 2.00 bits per heavy atom. The zero-order valence-electron chi connectivity index (χ0n) is 16.3. The molecule has 0 N–H and O–H groups in total. The summed E-state index contributed by atoms with van der Waals surface area (Å²) in [5, 5.41) is 1.61. The predicted molar refractivity (Wildman–Crippen MR) is 104 cm³/mol. The number of aryl methyl sites for hydroxylation is 1. The van der Waals surface area contributed by atoms with Crippen LogP contribution in [0.5, 0.6) is 5.75 Å². The third-order valence-corrected chi connectivity index (χ3v) is 4.56. The van der Waals surface area contributed by atoms with Gasteiger partial charge >= 0.3 is 5.97 Å². The van der Waals surface area contributed by atoms with Gasteiger partial charge in [0.05, 0.1) is 18.1 Å². The van der Waals surface area contributed by atoms with Crippen LogP contribution >= 0.6 is 0 Å². The fraction of sp³-hybridized carbons (Fsp3) is 0.364. The summed E-state index contributed by atoms with van der Waals surface area (Å²) in [5.41, 5.74) is 3.42. The second-order valence-corrected chi connectivity index (χ2v) is 7.24. The minimum absolute atomic E-state index is 0.333. The first kappa shape index (κ1) is 19.0. The summed E-state index contributed by atoms with van der Waals surface area (Å²) < 4.78 is 17.3. The van der Waals surface area contributed by atoms with Crippen molar-refractivity contribution in [3.8, 4) is 5.75 Å². The molecule has 3 rings (SSSR count). The third kappa shape index (κ3) is 3.54. The maximum Gasteiger partial charge on any atom is 0.303 e. The number of rotatable bonds is 6. The molecular weight excluding hydrogens is 344 g/mol. The van der Waals surface area contributed by atoms with Gasteiger partial charge in [0.15, 0.2) is 6.29 Å². The van der Waals surface area contributed by atoms with E-state index in [-0.39, 0.29) is 5.97 Å². The number of carbonyl (C=O) groups is 2. The molecule has 0 saturated heterocycles. The number of fused-ring (bicyclic) bond motifs is 3. The highest BCUT2D eigenvalue weighted by molar-refractivity contribution is 6.12. The van der Waals surface area contributed by atoms with E-state index in [1.54, 1.807) is 13.2 Å². The monoisotopic (exact) mass is 368 g/mol. The first-order valence-electron chi connectivity index (χ1n) is 9.01. The van der Waals surface area contributed by atoms with Gasteiger partial charge in [-0.05, 0) is 49.1 Å². The smallest absolute Gasteiger partial charge is 0.303 e. The summed E-state index contributed by atoms with van der Waals surface area (Å²) in [4.78, 5) is 23.1. The number of benzene rings is 2. The van der Waals surface area contributed by atoms with Crippen LogP contribution in [0.25, 0.3) is 21.9 Å². The van der Waals surface area contributed by atoms with Crippen molar-refractivity contribution in [3.05, 3.63) is 41.0 Å². The molecule has 5 nitrogen and oxygen atoms in total. The number of ether oxygens (including phenoxy) is 2. The number of aldehydes is 1. The van der Waals surface area contributed by atoms with Crippen LogP contribution < -0.4 is 4.74 Å². The van der Waals surface area contributed by atoms with Gasteiger partial charge in [-0.15, -0.1) is 0 Å². The van der Waals surface area contributed by atoms with Crippen LogP contribution in [0, 0.1) is 12.8 Å². The third-order valence-electron chi connectivity index (χ3n) is 4.56. The SMILES string of the molecule is COc1c(C(CC(C)C)OC(C)=O)ccc2oc3c(C=O)cc(C)cc3c12. The Morgan fingerprint density at radius 1 is 1.26 bits per heavy atom. The molecule has 1 unspecified atom stereocenters. The van der Waals surface area contributed by atoms with E-state index in [0.717, 1.165) is 28.2 Å². The number of hydrogen-bond donors (Lipinski definition) is 0. The van der Waals surface area contributed by atoms with E-state index in [4.69, 9.17) is 13.9 Å². The molecule has 5 heteroatoms. The molecule has 0 amide bonds. The Bertz CT molecular complexity index is 1010. The van der Waals surface area contributed by atoms with Crippen molar-refractivity contribution in [2.45, 2.75) is 40.2 Å². The molecule has 0 aliphatic rings. The Kier molecular flexibility index (Phi) is 5.22.